The maximum Gasteiger partial charge on any atom is 0.410 e. The van der Waals surface area contributed by atoms with E-state index in [1.54, 1.807) is 0 Å². The van der Waals surface area contributed by atoms with Gasteiger partial charge in [-0.1, -0.05) is 54.6 Å². The molecule has 32 heavy (non-hydrogen) atoms. The van der Waals surface area contributed by atoms with Gasteiger partial charge in [-0.2, -0.15) is 4.39 Å². The summed E-state index contributed by atoms with van der Waals surface area (Å²) in [5.41, 5.74) is 5.07. The molecule has 1 atom stereocenters. The van der Waals surface area contributed by atoms with Crippen molar-refractivity contribution in [1.29, 1.82) is 0 Å². The first-order valence-electron chi connectivity index (χ1n) is 10.3. The van der Waals surface area contributed by atoms with Crippen LogP contribution in [0.15, 0.2) is 66.9 Å². The van der Waals surface area contributed by atoms with Gasteiger partial charge in [0.25, 0.3) is 0 Å². The molecule has 1 aliphatic rings. The molecule has 6 nitrogen and oxygen atoms in total. The van der Waals surface area contributed by atoms with Crippen LogP contribution in [0.3, 0.4) is 0 Å². The van der Waals surface area contributed by atoms with Crippen LogP contribution < -0.4 is 0 Å². The molecule has 0 saturated carbocycles. The van der Waals surface area contributed by atoms with Crippen LogP contribution in [0.25, 0.3) is 11.1 Å². The summed E-state index contributed by atoms with van der Waals surface area (Å²) < 4.78 is 23.6. The van der Waals surface area contributed by atoms with E-state index in [-0.39, 0.29) is 18.9 Å². The summed E-state index contributed by atoms with van der Waals surface area (Å²) in [6.07, 6.45) is 0.814. The Labute approximate surface area is 185 Å². The van der Waals surface area contributed by atoms with Crippen molar-refractivity contribution >= 4 is 12.1 Å². The zero-order valence-electron chi connectivity index (χ0n) is 17.8. The second-order valence-corrected chi connectivity index (χ2v) is 7.65. The molecule has 0 radical (unpaired) electrons. The number of methoxy groups -OCH3 is 1. The SMILES string of the molecule is COC(=O)[C@H](Cc1ccc(F)nc1)N(C)C(=O)OCC1c2ccccc2-c2ccccc21. The Balaban J connectivity index is 1.49. The van der Waals surface area contributed by atoms with Crippen LogP contribution in [-0.2, 0) is 20.7 Å². The van der Waals surface area contributed by atoms with E-state index >= 15 is 0 Å². The highest BCUT2D eigenvalue weighted by molar-refractivity contribution is 5.82. The number of halogens is 1. The Kier molecular flexibility index (Phi) is 6.16. The van der Waals surface area contributed by atoms with E-state index in [4.69, 9.17) is 9.47 Å². The quantitative estimate of drug-likeness (QED) is 0.430. The molecule has 4 rings (SSSR count). The van der Waals surface area contributed by atoms with E-state index in [2.05, 4.69) is 17.1 Å². The van der Waals surface area contributed by atoms with Crippen LogP contribution >= 0.6 is 0 Å². The zero-order valence-corrected chi connectivity index (χ0v) is 17.8. The second kappa shape index (κ2) is 9.18. The third-order valence-corrected chi connectivity index (χ3v) is 5.78. The van der Waals surface area contributed by atoms with Gasteiger partial charge in [-0.3, -0.25) is 4.90 Å². The Hall–Kier alpha value is -3.74. The number of pyridine rings is 1. The van der Waals surface area contributed by atoms with Crippen LogP contribution in [0.2, 0.25) is 0 Å². The first-order chi connectivity index (χ1) is 15.5. The van der Waals surface area contributed by atoms with Gasteiger partial charge in [0.05, 0.1) is 7.11 Å². The van der Waals surface area contributed by atoms with E-state index in [1.807, 2.05) is 36.4 Å². The Morgan fingerprint density at radius 3 is 2.22 bits per heavy atom. The fraction of sp³-hybridized carbons (Fsp3) is 0.240. The zero-order chi connectivity index (χ0) is 22.7. The molecule has 1 heterocycles. The third kappa shape index (κ3) is 4.19. The first-order valence-corrected chi connectivity index (χ1v) is 10.3. The number of nitrogens with zero attached hydrogens (tertiary/aromatic N) is 2. The van der Waals surface area contributed by atoms with Gasteiger partial charge < -0.3 is 9.47 Å². The van der Waals surface area contributed by atoms with Gasteiger partial charge >= 0.3 is 12.1 Å². The van der Waals surface area contributed by atoms with E-state index in [1.165, 1.54) is 37.4 Å². The van der Waals surface area contributed by atoms with Gasteiger partial charge in [0.2, 0.25) is 5.95 Å². The maximum atomic E-state index is 13.1. The lowest BCUT2D eigenvalue weighted by atomic mass is 9.98. The number of hydrogen-bond donors (Lipinski definition) is 0. The summed E-state index contributed by atoms with van der Waals surface area (Å²) in [6.45, 7) is 0.142. The molecule has 1 amide bonds. The van der Waals surface area contributed by atoms with Gasteiger partial charge in [0, 0.05) is 25.6 Å². The summed E-state index contributed by atoms with van der Waals surface area (Å²) in [4.78, 5) is 30.0. The number of aromatic nitrogens is 1. The van der Waals surface area contributed by atoms with E-state index in [0.29, 0.717) is 5.56 Å². The number of likely N-dealkylation sites (N-methyl/N-ethyl adjacent to an activating group) is 1. The average molecular weight is 434 g/mol. The molecule has 0 spiro atoms. The van der Waals surface area contributed by atoms with E-state index in [0.717, 1.165) is 22.3 Å². The molecule has 7 heteroatoms. The summed E-state index contributed by atoms with van der Waals surface area (Å²) in [6, 6.07) is 17.9. The lowest BCUT2D eigenvalue weighted by molar-refractivity contribution is -0.145. The number of hydrogen-bond acceptors (Lipinski definition) is 5. The largest absolute Gasteiger partial charge is 0.467 e. The van der Waals surface area contributed by atoms with Crippen molar-refractivity contribution in [1.82, 2.24) is 9.88 Å². The number of rotatable bonds is 6. The summed E-state index contributed by atoms with van der Waals surface area (Å²) in [5, 5.41) is 0. The molecule has 1 aliphatic carbocycles. The van der Waals surface area contributed by atoms with Crippen molar-refractivity contribution in [3.63, 3.8) is 0 Å². The fourth-order valence-corrected chi connectivity index (χ4v) is 4.09. The topological polar surface area (TPSA) is 68.7 Å². The lowest BCUT2D eigenvalue weighted by Crippen LogP contribution is -2.45. The number of ether oxygens (including phenoxy) is 2. The Morgan fingerprint density at radius 1 is 1.03 bits per heavy atom. The highest BCUT2D eigenvalue weighted by Gasteiger charge is 2.32. The van der Waals surface area contributed by atoms with Crippen LogP contribution in [0.4, 0.5) is 9.18 Å². The minimum absolute atomic E-state index is 0.0855. The van der Waals surface area contributed by atoms with Crippen molar-refractivity contribution in [2.75, 3.05) is 20.8 Å². The molecular formula is C25H23FN2O4. The molecule has 0 bridgehead atoms. The van der Waals surface area contributed by atoms with E-state index in [9.17, 15) is 14.0 Å². The lowest BCUT2D eigenvalue weighted by Gasteiger charge is -2.26. The highest BCUT2D eigenvalue weighted by Crippen LogP contribution is 2.44. The monoisotopic (exact) mass is 434 g/mol. The van der Waals surface area contributed by atoms with Gasteiger partial charge in [-0.25, -0.2) is 14.6 Å². The second-order valence-electron chi connectivity index (χ2n) is 7.65. The number of amides is 1. The van der Waals surface area contributed by atoms with E-state index < -0.39 is 24.1 Å². The number of esters is 1. The van der Waals surface area contributed by atoms with Crippen molar-refractivity contribution in [2.24, 2.45) is 0 Å². The predicted molar refractivity (Wildman–Crippen MR) is 117 cm³/mol. The van der Waals surface area contributed by atoms with Crippen LogP contribution in [0.1, 0.15) is 22.6 Å². The minimum atomic E-state index is -0.928. The fourth-order valence-electron chi connectivity index (χ4n) is 4.09. The third-order valence-electron chi connectivity index (χ3n) is 5.78. The molecule has 0 saturated heterocycles. The highest BCUT2D eigenvalue weighted by atomic mass is 19.1. The van der Waals surface area contributed by atoms with Gasteiger partial charge in [0.15, 0.2) is 0 Å². The average Bonchev–Trinajstić information content (AvgIpc) is 3.15. The normalized spacial score (nSPS) is 13.1. The standard InChI is InChI=1S/C25H23FN2O4/c1-28(22(24(29)31-2)13-16-11-12-23(26)27-14-16)25(30)32-15-21-19-9-5-3-7-17(19)18-8-4-6-10-20(18)21/h3-12,14,21-22H,13,15H2,1-2H3/t22-/m0/s1. The molecular weight excluding hydrogens is 411 g/mol. The van der Waals surface area contributed by atoms with Gasteiger partial charge in [0.1, 0.15) is 12.6 Å². The van der Waals surface area contributed by atoms with Crippen molar-refractivity contribution in [2.45, 2.75) is 18.4 Å². The van der Waals surface area contributed by atoms with Crippen molar-refractivity contribution < 1.29 is 23.5 Å². The van der Waals surface area contributed by atoms with Gasteiger partial charge in [-0.15, -0.1) is 0 Å². The Morgan fingerprint density at radius 2 is 1.66 bits per heavy atom. The number of fused-ring (bicyclic) bond motifs is 3. The molecule has 1 aromatic heterocycles. The van der Waals surface area contributed by atoms with Crippen molar-refractivity contribution in [3.8, 4) is 11.1 Å². The number of carbonyl (C=O) groups is 2. The van der Waals surface area contributed by atoms with Crippen LogP contribution in [-0.4, -0.2) is 48.8 Å². The molecule has 0 fully saturated rings. The molecule has 164 valence electrons. The minimum Gasteiger partial charge on any atom is -0.467 e. The molecule has 2 aromatic carbocycles. The summed E-state index contributed by atoms with van der Waals surface area (Å²) in [5.74, 6) is -1.30. The molecule has 0 N–H and O–H groups in total. The molecule has 0 unspecified atom stereocenters. The number of carbonyl (C=O) groups excluding carboxylic acids is 2. The Bertz CT molecular complexity index is 1090. The molecule has 3 aromatic rings. The molecule has 0 aliphatic heterocycles. The van der Waals surface area contributed by atoms with Crippen LogP contribution in [0.5, 0.6) is 0 Å². The summed E-state index contributed by atoms with van der Waals surface area (Å²) in [7, 11) is 2.74. The predicted octanol–water partition coefficient (Wildman–Crippen LogP) is 4.19. The van der Waals surface area contributed by atoms with Crippen LogP contribution in [0, 0.1) is 5.95 Å². The summed E-state index contributed by atoms with van der Waals surface area (Å²) >= 11 is 0. The first kappa shape index (κ1) is 21.5. The van der Waals surface area contributed by atoms with Crippen molar-refractivity contribution in [3.05, 3.63) is 89.5 Å². The number of benzene rings is 2. The smallest absolute Gasteiger partial charge is 0.410 e. The maximum absolute atomic E-state index is 13.1. The van der Waals surface area contributed by atoms with Gasteiger partial charge in [-0.05, 0) is 33.9 Å².